The maximum Gasteiger partial charge on any atom is 0.293 e. The van der Waals surface area contributed by atoms with E-state index in [2.05, 4.69) is 26.3 Å². The molecule has 0 unspecified atom stereocenters. The van der Waals surface area contributed by atoms with E-state index < -0.39 is 0 Å². The number of morpholine rings is 1. The van der Waals surface area contributed by atoms with E-state index in [1.165, 1.54) is 12.6 Å². The molecule has 1 aliphatic rings. The van der Waals surface area contributed by atoms with Crippen LogP contribution < -0.4 is 10.2 Å². The number of nitrogens with zero attached hydrogens (tertiary/aromatic N) is 5. The highest BCUT2D eigenvalue weighted by Crippen LogP contribution is 2.39. The van der Waals surface area contributed by atoms with Gasteiger partial charge >= 0.3 is 0 Å². The number of aromatic nitrogens is 4. The summed E-state index contributed by atoms with van der Waals surface area (Å²) in [6.07, 6.45) is 6.24. The van der Waals surface area contributed by atoms with Gasteiger partial charge in [0.25, 0.3) is 5.91 Å². The Labute approximate surface area is 210 Å². The van der Waals surface area contributed by atoms with Gasteiger partial charge in [0.2, 0.25) is 5.76 Å². The Hall–Kier alpha value is -4.15. The summed E-state index contributed by atoms with van der Waals surface area (Å²) in [4.78, 5) is 33.9. The van der Waals surface area contributed by atoms with Gasteiger partial charge in [-0.3, -0.25) is 9.78 Å². The van der Waals surface area contributed by atoms with E-state index in [1.807, 2.05) is 43.5 Å². The first-order valence-corrected chi connectivity index (χ1v) is 12.3. The molecule has 36 heavy (non-hydrogen) atoms. The van der Waals surface area contributed by atoms with E-state index in [0.717, 1.165) is 50.7 Å². The van der Waals surface area contributed by atoms with Crippen LogP contribution in [0.25, 0.3) is 32.0 Å². The second-order valence-electron chi connectivity index (χ2n) is 8.39. The Morgan fingerprint density at radius 3 is 2.75 bits per heavy atom. The summed E-state index contributed by atoms with van der Waals surface area (Å²) in [5.74, 6) is 1.28. The van der Waals surface area contributed by atoms with Crippen molar-refractivity contribution in [3.05, 3.63) is 72.7 Å². The Balaban J connectivity index is 1.44. The molecule has 0 bridgehead atoms. The number of ether oxygens (including phenoxy) is 1. The topological polar surface area (TPSA) is 106 Å². The van der Waals surface area contributed by atoms with Crippen molar-refractivity contribution in [3.63, 3.8) is 0 Å². The molecular weight excluding hydrogens is 476 g/mol. The number of fused-ring (bicyclic) bond motifs is 1. The molecular formula is C26H22N6O3S. The second-order valence-corrected chi connectivity index (χ2v) is 9.44. The SMILES string of the molecule is Cc1ccc(NC(=O)c2cnco2)cc1-c1nc(N2CCOCC2)c2sc(-c3cccnc3)cc2n1. The molecule has 0 aliphatic carbocycles. The van der Waals surface area contributed by atoms with Crippen LogP contribution in [0.1, 0.15) is 16.1 Å². The van der Waals surface area contributed by atoms with Crippen LogP contribution in [-0.2, 0) is 4.74 Å². The van der Waals surface area contributed by atoms with Crippen molar-refractivity contribution < 1.29 is 13.9 Å². The molecule has 5 heterocycles. The predicted octanol–water partition coefficient (Wildman–Crippen LogP) is 4.81. The van der Waals surface area contributed by atoms with Gasteiger partial charge < -0.3 is 19.4 Å². The molecule has 1 aromatic carbocycles. The van der Waals surface area contributed by atoms with E-state index >= 15 is 0 Å². The molecule has 5 aromatic rings. The van der Waals surface area contributed by atoms with Crippen LogP contribution in [0.2, 0.25) is 0 Å². The molecule has 0 spiro atoms. The lowest BCUT2D eigenvalue weighted by molar-refractivity contribution is 0.0996. The Morgan fingerprint density at radius 2 is 1.97 bits per heavy atom. The van der Waals surface area contributed by atoms with Crippen LogP contribution in [0.3, 0.4) is 0 Å². The van der Waals surface area contributed by atoms with Gasteiger partial charge in [-0.1, -0.05) is 12.1 Å². The van der Waals surface area contributed by atoms with Gasteiger partial charge in [0.05, 0.1) is 29.6 Å². The lowest BCUT2D eigenvalue weighted by Gasteiger charge is -2.28. The minimum absolute atomic E-state index is 0.144. The normalized spacial score (nSPS) is 13.8. The van der Waals surface area contributed by atoms with E-state index in [-0.39, 0.29) is 11.7 Å². The second kappa shape index (κ2) is 9.48. The zero-order chi connectivity index (χ0) is 24.5. The zero-order valence-corrected chi connectivity index (χ0v) is 20.3. The third-order valence-electron chi connectivity index (χ3n) is 6.00. The fourth-order valence-corrected chi connectivity index (χ4v) is 5.24. The maximum atomic E-state index is 12.5. The van der Waals surface area contributed by atoms with Crippen molar-refractivity contribution >= 4 is 39.0 Å². The number of hydrogen-bond acceptors (Lipinski definition) is 9. The summed E-state index contributed by atoms with van der Waals surface area (Å²) in [5.41, 5.74) is 4.39. The molecule has 4 aromatic heterocycles. The Kier molecular flexibility index (Phi) is 5.88. The number of hydrogen-bond donors (Lipinski definition) is 1. The van der Waals surface area contributed by atoms with Gasteiger partial charge in [-0.2, -0.15) is 0 Å². The lowest BCUT2D eigenvalue weighted by Crippen LogP contribution is -2.36. The van der Waals surface area contributed by atoms with Gasteiger partial charge in [0.1, 0.15) is 0 Å². The summed E-state index contributed by atoms with van der Waals surface area (Å²) in [5, 5.41) is 2.86. The standard InChI is InChI=1S/C26H22N6O3S/c1-16-4-5-18(29-26(33)21-14-28-15-35-21)11-19(16)24-30-20-12-22(17-3-2-6-27-13-17)36-23(20)25(31-24)32-7-9-34-10-8-32/h2-6,11-15H,7-10H2,1H3,(H,29,33). The van der Waals surface area contributed by atoms with Crippen LogP contribution in [0.15, 0.2) is 65.8 Å². The van der Waals surface area contributed by atoms with Gasteiger partial charge in [-0.25, -0.2) is 15.0 Å². The van der Waals surface area contributed by atoms with Gasteiger partial charge in [-0.05, 0) is 36.8 Å². The van der Waals surface area contributed by atoms with Crippen LogP contribution in [0, 0.1) is 6.92 Å². The maximum absolute atomic E-state index is 12.5. The number of benzene rings is 1. The molecule has 0 atom stereocenters. The first kappa shape index (κ1) is 22.3. The molecule has 1 aliphatic heterocycles. The average molecular weight is 499 g/mol. The number of nitrogens with one attached hydrogen (secondary N) is 1. The van der Waals surface area contributed by atoms with Gasteiger partial charge in [-0.15, -0.1) is 11.3 Å². The Morgan fingerprint density at radius 1 is 1.08 bits per heavy atom. The summed E-state index contributed by atoms with van der Waals surface area (Å²) >= 11 is 1.67. The molecule has 1 saturated heterocycles. The number of carbonyl (C=O) groups is 1. The van der Waals surface area contributed by atoms with E-state index in [4.69, 9.17) is 19.1 Å². The summed E-state index contributed by atoms with van der Waals surface area (Å²) < 4.78 is 11.7. The Bertz CT molecular complexity index is 1530. The number of rotatable bonds is 5. The first-order chi connectivity index (χ1) is 17.7. The van der Waals surface area contributed by atoms with E-state index in [9.17, 15) is 4.79 Å². The monoisotopic (exact) mass is 498 g/mol. The molecule has 1 fully saturated rings. The quantitative estimate of drug-likeness (QED) is 0.368. The smallest absolute Gasteiger partial charge is 0.293 e. The predicted molar refractivity (Wildman–Crippen MR) is 138 cm³/mol. The lowest BCUT2D eigenvalue weighted by atomic mass is 10.1. The third kappa shape index (κ3) is 4.32. The number of thiophene rings is 1. The highest BCUT2D eigenvalue weighted by molar-refractivity contribution is 7.22. The van der Waals surface area contributed by atoms with E-state index in [1.54, 1.807) is 17.5 Å². The fraction of sp³-hybridized carbons (Fsp3) is 0.192. The number of amides is 1. The number of aryl methyl sites for hydroxylation is 1. The molecule has 0 saturated carbocycles. The zero-order valence-electron chi connectivity index (χ0n) is 19.5. The molecule has 6 rings (SSSR count). The average Bonchev–Trinajstić information content (AvgIpc) is 3.61. The summed E-state index contributed by atoms with van der Waals surface area (Å²) in [7, 11) is 0. The first-order valence-electron chi connectivity index (χ1n) is 11.5. The molecule has 0 radical (unpaired) electrons. The molecule has 9 nitrogen and oxygen atoms in total. The largest absolute Gasteiger partial charge is 0.438 e. The van der Waals surface area contributed by atoms with Crippen molar-refractivity contribution in [1.29, 1.82) is 0 Å². The van der Waals surface area contributed by atoms with Crippen LogP contribution in [-0.4, -0.2) is 52.1 Å². The van der Waals surface area contributed by atoms with Crippen LogP contribution in [0.5, 0.6) is 0 Å². The highest BCUT2D eigenvalue weighted by atomic mass is 32.1. The highest BCUT2D eigenvalue weighted by Gasteiger charge is 2.21. The molecule has 180 valence electrons. The minimum atomic E-state index is -0.369. The number of anilines is 2. The third-order valence-corrected chi connectivity index (χ3v) is 7.17. The fourth-order valence-electron chi connectivity index (χ4n) is 4.14. The van der Waals surface area contributed by atoms with Crippen molar-refractivity contribution in [3.8, 4) is 21.8 Å². The molecule has 1 amide bonds. The van der Waals surface area contributed by atoms with E-state index in [0.29, 0.717) is 24.7 Å². The van der Waals surface area contributed by atoms with Crippen molar-refractivity contribution in [2.45, 2.75) is 6.92 Å². The van der Waals surface area contributed by atoms with Crippen molar-refractivity contribution in [2.75, 3.05) is 36.5 Å². The van der Waals surface area contributed by atoms with Crippen LogP contribution >= 0.6 is 11.3 Å². The minimum Gasteiger partial charge on any atom is -0.438 e. The van der Waals surface area contributed by atoms with Gasteiger partial charge in [0, 0.05) is 47.2 Å². The van der Waals surface area contributed by atoms with Crippen LogP contribution in [0.4, 0.5) is 11.5 Å². The number of pyridine rings is 1. The summed E-state index contributed by atoms with van der Waals surface area (Å²) in [6, 6.07) is 11.8. The van der Waals surface area contributed by atoms with Crippen molar-refractivity contribution in [1.82, 2.24) is 19.9 Å². The van der Waals surface area contributed by atoms with Crippen molar-refractivity contribution in [2.24, 2.45) is 0 Å². The van der Waals surface area contributed by atoms with Gasteiger partial charge in [0.15, 0.2) is 18.0 Å². The number of oxazole rings is 1. The molecule has 1 N–H and O–H groups in total. The number of carbonyl (C=O) groups excluding carboxylic acids is 1. The molecule has 10 heteroatoms. The summed E-state index contributed by atoms with van der Waals surface area (Å²) in [6.45, 7) is 4.84.